The van der Waals surface area contributed by atoms with E-state index in [0.29, 0.717) is 17.1 Å². The topological polar surface area (TPSA) is 46.3 Å². The van der Waals surface area contributed by atoms with E-state index in [4.69, 9.17) is 5.73 Å². The number of halogens is 1. The molecule has 1 heterocycles. The van der Waals surface area contributed by atoms with Crippen LogP contribution in [0.3, 0.4) is 0 Å². The van der Waals surface area contributed by atoms with E-state index in [9.17, 15) is 9.18 Å². The molecule has 1 atom stereocenters. The number of hydrogen-bond acceptors (Lipinski definition) is 3. The van der Waals surface area contributed by atoms with Gasteiger partial charge in [0.05, 0.1) is 11.4 Å². The Morgan fingerprint density at radius 3 is 2.75 bits per heavy atom. The third-order valence-corrected chi connectivity index (χ3v) is 4.39. The Labute approximate surface area is 120 Å². The molecule has 2 aromatic rings. The minimum Gasteiger partial charge on any atom is -0.399 e. The number of rotatable bonds is 2. The lowest BCUT2D eigenvalue weighted by Crippen LogP contribution is -2.28. The minimum atomic E-state index is -0.391. The van der Waals surface area contributed by atoms with Crippen LogP contribution in [0.15, 0.2) is 48.5 Å². The summed E-state index contributed by atoms with van der Waals surface area (Å²) in [7, 11) is 0. The first kappa shape index (κ1) is 13.0. The van der Waals surface area contributed by atoms with Crippen molar-refractivity contribution in [2.45, 2.75) is 5.37 Å². The summed E-state index contributed by atoms with van der Waals surface area (Å²) in [6, 6.07) is 13.7. The van der Waals surface area contributed by atoms with Crippen LogP contribution in [0.2, 0.25) is 0 Å². The Kier molecular flexibility index (Phi) is 3.36. The van der Waals surface area contributed by atoms with Gasteiger partial charge in [-0.2, -0.15) is 0 Å². The molecule has 3 rings (SSSR count). The van der Waals surface area contributed by atoms with Crippen LogP contribution in [0.25, 0.3) is 0 Å². The molecule has 0 bridgehead atoms. The summed E-state index contributed by atoms with van der Waals surface area (Å²) in [5.41, 5.74) is 7.64. The molecule has 5 heteroatoms. The SMILES string of the molecule is Nc1cccc([C@H]2SCC(=O)N2c2ccccc2F)c1. The number of nitrogens with zero attached hydrogens (tertiary/aromatic N) is 1. The predicted molar refractivity (Wildman–Crippen MR) is 79.9 cm³/mol. The van der Waals surface area contributed by atoms with Crippen LogP contribution in [-0.4, -0.2) is 11.7 Å². The molecule has 1 saturated heterocycles. The second-order valence-electron chi connectivity index (χ2n) is 4.55. The van der Waals surface area contributed by atoms with Crippen LogP contribution in [0, 0.1) is 5.82 Å². The van der Waals surface area contributed by atoms with Crippen molar-refractivity contribution in [2.24, 2.45) is 0 Å². The van der Waals surface area contributed by atoms with Gasteiger partial charge in [0.1, 0.15) is 11.2 Å². The fourth-order valence-corrected chi connectivity index (χ4v) is 3.45. The maximum absolute atomic E-state index is 14.0. The number of nitrogen functional groups attached to an aromatic ring is 1. The minimum absolute atomic E-state index is 0.0903. The molecule has 0 spiro atoms. The number of benzene rings is 2. The quantitative estimate of drug-likeness (QED) is 0.863. The molecule has 0 aromatic heterocycles. The number of carbonyl (C=O) groups excluding carboxylic acids is 1. The molecule has 0 unspecified atom stereocenters. The normalized spacial score (nSPS) is 18.6. The lowest BCUT2D eigenvalue weighted by atomic mass is 10.1. The van der Waals surface area contributed by atoms with E-state index in [-0.39, 0.29) is 11.3 Å². The second-order valence-corrected chi connectivity index (χ2v) is 5.62. The largest absolute Gasteiger partial charge is 0.399 e. The van der Waals surface area contributed by atoms with Crippen molar-refractivity contribution >= 4 is 29.0 Å². The number of anilines is 2. The average molecular weight is 288 g/mol. The number of thioether (sulfide) groups is 1. The zero-order chi connectivity index (χ0) is 14.1. The summed E-state index contributed by atoms with van der Waals surface area (Å²) in [5, 5.41) is -0.233. The Balaban J connectivity index is 2.03. The van der Waals surface area contributed by atoms with Gasteiger partial charge in [-0.25, -0.2) is 4.39 Å². The Morgan fingerprint density at radius 1 is 1.20 bits per heavy atom. The first-order chi connectivity index (χ1) is 9.66. The molecule has 2 N–H and O–H groups in total. The van der Waals surface area contributed by atoms with Gasteiger partial charge in [-0.05, 0) is 29.8 Å². The predicted octanol–water partition coefficient (Wildman–Crippen LogP) is 3.19. The lowest BCUT2D eigenvalue weighted by Gasteiger charge is -2.24. The summed E-state index contributed by atoms with van der Waals surface area (Å²) >= 11 is 1.48. The molecular formula is C15H13FN2OS. The smallest absolute Gasteiger partial charge is 0.238 e. The summed E-state index contributed by atoms with van der Waals surface area (Å²) < 4.78 is 14.0. The highest BCUT2D eigenvalue weighted by Crippen LogP contribution is 2.42. The number of hydrogen-bond donors (Lipinski definition) is 1. The zero-order valence-electron chi connectivity index (χ0n) is 10.6. The summed E-state index contributed by atoms with van der Waals surface area (Å²) in [6.45, 7) is 0. The summed E-state index contributed by atoms with van der Waals surface area (Å²) in [6.07, 6.45) is 0. The Hall–Kier alpha value is -2.01. The second kappa shape index (κ2) is 5.17. The molecule has 1 aliphatic heterocycles. The fraction of sp³-hybridized carbons (Fsp3) is 0.133. The third kappa shape index (κ3) is 2.25. The molecule has 2 aromatic carbocycles. The first-order valence-corrected chi connectivity index (χ1v) is 7.25. The van der Waals surface area contributed by atoms with E-state index in [1.54, 1.807) is 24.3 Å². The van der Waals surface area contributed by atoms with E-state index in [1.165, 1.54) is 22.7 Å². The van der Waals surface area contributed by atoms with Gasteiger partial charge in [0, 0.05) is 5.69 Å². The zero-order valence-corrected chi connectivity index (χ0v) is 11.4. The van der Waals surface area contributed by atoms with Crippen LogP contribution in [-0.2, 0) is 4.79 Å². The molecule has 0 radical (unpaired) electrons. The molecular weight excluding hydrogens is 275 g/mol. The van der Waals surface area contributed by atoms with Gasteiger partial charge in [0.2, 0.25) is 5.91 Å². The highest BCUT2D eigenvalue weighted by Gasteiger charge is 2.35. The molecule has 1 fully saturated rings. The fourth-order valence-electron chi connectivity index (χ4n) is 2.29. The van der Waals surface area contributed by atoms with E-state index in [0.717, 1.165) is 5.56 Å². The molecule has 0 saturated carbocycles. The van der Waals surface area contributed by atoms with E-state index >= 15 is 0 Å². The first-order valence-electron chi connectivity index (χ1n) is 6.20. The van der Waals surface area contributed by atoms with Crippen molar-refractivity contribution < 1.29 is 9.18 Å². The van der Waals surface area contributed by atoms with Gasteiger partial charge < -0.3 is 5.73 Å². The van der Waals surface area contributed by atoms with Crippen molar-refractivity contribution in [2.75, 3.05) is 16.4 Å². The molecule has 102 valence electrons. The van der Waals surface area contributed by atoms with Gasteiger partial charge >= 0.3 is 0 Å². The van der Waals surface area contributed by atoms with Gasteiger partial charge in [-0.1, -0.05) is 24.3 Å². The van der Waals surface area contributed by atoms with Crippen LogP contribution < -0.4 is 10.6 Å². The number of nitrogens with two attached hydrogens (primary N) is 1. The Bertz CT molecular complexity index is 662. The van der Waals surface area contributed by atoms with E-state index in [1.807, 2.05) is 18.2 Å². The molecule has 0 aliphatic carbocycles. The molecule has 1 amide bonds. The van der Waals surface area contributed by atoms with E-state index < -0.39 is 5.82 Å². The standard InChI is InChI=1S/C15H13FN2OS/c16-12-6-1-2-7-13(12)18-14(19)9-20-15(18)10-4-3-5-11(17)8-10/h1-8,15H,9,17H2/t15-/m1/s1. The highest BCUT2D eigenvalue weighted by molar-refractivity contribution is 8.00. The number of carbonyl (C=O) groups is 1. The molecule has 3 nitrogen and oxygen atoms in total. The van der Waals surface area contributed by atoms with Crippen molar-refractivity contribution in [3.8, 4) is 0 Å². The highest BCUT2D eigenvalue weighted by atomic mass is 32.2. The average Bonchev–Trinajstić information content (AvgIpc) is 2.81. The van der Waals surface area contributed by atoms with Crippen molar-refractivity contribution in [1.29, 1.82) is 0 Å². The van der Waals surface area contributed by atoms with Crippen molar-refractivity contribution in [3.05, 3.63) is 59.9 Å². The Morgan fingerprint density at radius 2 is 2.00 bits per heavy atom. The van der Waals surface area contributed by atoms with Gasteiger partial charge in [0.15, 0.2) is 0 Å². The number of amides is 1. The van der Waals surface area contributed by atoms with Gasteiger partial charge in [0.25, 0.3) is 0 Å². The summed E-state index contributed by atoms with van der Waals surface area (Å²) in [4.78, 5) is 13.6. The van der Waals surface area contributed by atoms with Gasteiger partial charge in [-0.15, -0.1) is 11.8 Å². The summed E-state index contributed by atoms with van der Waals surface area (Å²) in [5.74, 6) is -0.141. The van der Waals surface area contributed by atoms with Crippen molar-refractivity contribution in [3.63, 3.8) is 0 Å². The number of para-hydroxylation sites is 1. The third-order valence-electron chi connectivity index (χ3n) is 3.18. The van der Waals surface area contributed by atoms with Crippen molar-refractivity contribution in [1.82, 2.24) is 0 Å². The lowest BCUT2D eigenvalue weighted by molar-refractivity contribution is -0.115. The maximum atomic E-state index is 14.0. The van der Waals surface area contributed by atoms with E-state index in [2.05, 4.69) is 0 Å². The van der Waals surface area contributed by atoms with Crippen LogP contribution in [0.5, 0.6) is 0 Å². The van der Waals surface area contributed by atoms with Gasteiger partial charge in [-0.3, -0.25) is 9.69 Å². The maximum Gasteiger partial charge on any atom is 0.238 e. The van der Waals surface area contributed by atoms with Crippen LogP contribution >= 0.6 is 11.8 Å². The molecule has 20 heavy (non-hydrogen) atoms. The van der Waals surface area contributed by atoms with Crippen LogP contribution in [0.1, 0.15) is 10.9 Å². The monoisotopic (exact) mass is 288 g/mol. The van der Waals surface area contributed by atoms with Crippen LogP contribution in [0.4, 0.5) is 15.8 Å². The molecule has 1 aliphatic rings.